The van der Waals surface area contributed by atoms with E-state index in [1.54, 1.807) is 12.3 Å². The van der Waals surface area contributed by atoms with Gasteiger partial charge >= 0.3 is 6.09 Å². The molecule has 0 aliphatic carbocycles. The van der Waals surface area contributed by atoms with Gasteiger partial charge in [0.25, 0.3) is 0 Å². The van der Waals surface area contributed by atoms with E-state index in [-0.39, 0.29) is 28.8 Å². The van der Waals surface area contributed by atoms with E-state index in [0.717, 1.165) is 11.8 Å². The second-order valence-corrected chi connectivity index (χ2v) is 10.1. The Kier molecular flexibility index (Phi) is 5.46. The van der Waals surface area contributed by atoms with Crippen LogP contribution in [0.2, 0.25) is 0 Å². The lowest BCUT2D eigenvalue weighted by atomic mass is 9.64. The van der Waals surface area contributed by atoms with Gasteiger partial charge in [0.15, 0.2) is 11.6 Å². The summed E-state index contributed by atoms with van der Waals surface area (Å²) in [7, 11) is 0. The number of rotatable bonds is 3. The number of aromatic nitrogens is 3. The molecule has 8 nitrogen and oxygen atoms in total. The van der Waals surface area contributed by atoms with E-state index in [1.165, 1.54) is 15.8 Å². The van der Waals surface area contributed by atoms with Gasteiger partial charge in [-0.05, 0) is 36.8 Å². The number of carbonyl (C=O) groups is 2. The molecular formula is C23H30FN5O3. The van der Waals surface area contributed by atoms with Crippen molar-refractivity contribution in [3.05, 3.63) is 42.1 Å². The molecular weight excluding hydrogens is 413 g/mol. The first kappa shape index (κ1) is 22.2. The average Bonchev–Trinajstić information content (AvgIpc) is 3.28. The van der Waals surface area contributed by atoms with Crippen molar-refractivity contribution in [2.45, 2.75) is 59.0 Å². The van der Waals surface area contributed by atoms with E-state index in [0.29, 0.717) is 38.2 Å². The zero-order valence-electron chi connectivity index (χ0n) is 19.0. The highest BCUT2D eigenvalue weighted by molar-refractivity contribution is 5.81. The lowest BCUT2D eigenvalue weighted by molar-refractivity contribution is -0.133. The molecule has 0 radical (unpaired) electrons. The average molecular weight is 444 g/mol. The summed E-state index contributed by atoms with van der Waals surface area (Å²) >= 11 is 0. The molecule has 4 rings (SSSR count). The summed E-state index contributed by atoms with van der Waals surface area (Å²) in [4.78, 5) is 32.6. The number of likely N-dealkylation sites (tertiary alicyclic amines) is 2. The molecule has 0 saturated carbocycles. The van der Waals surface area contributed by atoms with Crippen LogP contribution < -0.4 is 0 Å². The molecule has 2 aromatic rings. The van der Waals surface area contributed by atoms with Crippen LogP contribution in [0.5, 0.6) is 0 Å². The predicted molar refractivity (Wildman–Crippen MR) is 116 cm³/mol. The van der Waals surface area contributed by atoms with E-state index in [9.17, 15) is 19.1 Å². The van der Waals surface area contributed by atoms with E-state index in [2.05, 4.69) is 30.9 Å². The number of carboxylic acid groups (broad SMARTS) is 1. The number of hydrogen-bond donors (Lipinski definition) is 1. The summed E-state index contributed by atoms with van der Waals surface area (Å²) in [6, 6.07) is 3.46. The van der Waals surface area contributed by atoms with Crippen LogP contribution in [0.15, 0.2) is 30.7 Å². The first-order valence-corrected chi connectivity index (χ1v) is 11.0. The van der Waals surface area contributed by atoms with Crippen molar-refractivity contribution in [2.75, 3.05) is 13.1 Å². The molecule has 2 aliphatic heterocycles. The van der Waals surface area contributed by atoms with Crippen LogP contribution in [-0.2, 0) is 4.79 Å². The Morgan fingerprint density at radius 3 is 2.44 bits per heavy atom. The fraction of sp³-hybridized carbons (Fsp3) is 0.565. The largest absolute Gasteiger partial charge is 0.465 e. The van der Waals surface area contributed by atoms with Gasteiger partial charge in [-0.15, -0.1) is 0 Å². The summed E-state index contributed by atoms with van der Waals surface area (Å²) in [5.74, 6) is 0.168. The molecule has 0 bridgehead atoms. The SMILES string of the molecule is CC(c1ccc(-n2cc(F)cn2)nc1)N1C(=O)CC2(CCN(C(=O)O)CC2)[C@@H]1C(C)(C)C. The summed E-state index contributed by atoms with van der Waals surface area (Å²) < 4.78 is 14.6. The van der Waals surface area contributed by atoms with E-state index in [1.807, 2.05) is 17.9 Å². The Morgan fingerprint density at radius 2 is 1.94 bits per heavy atom. The maximum absolute atomic E-state index is 13.3. The van der Waals surface area contributed by atoms with Gasteiger partial charge in [0, 0.05) is 37.2 Å². The highest BCUT2D eigenvalue weighted by Gasteiger charge is 2.57. The Balaban J connectivity index is 1.61. The third-order valence-electron chi connectivity index (χ3n) is 6.96. The van der Waals surface area contributed by atoms with Gasteiger partial charge in [-0.2, -0.15) is 5.10 Å². The number of amides is 2. The maximum atomic E-state index is 13.3. The highest BCUT2D eigenvalue weighted by Crippen LogP contribution is 2.54. The number of piperidine rings is 1. The zero-order valence-corrected chi connectivity index (χ0v) is 19.0. The minimum absolute atomic E-state index is 0.0201. The van der Waals surface area contributed by atoms with E-state index >= 15 is 0 Å². The summed E-state index contributed by atoms with van der Waals surface area (Å²) in [5, 5.41) is 13.3. The van der Waals surface area contributed by atoms with Crippen molar-refractivity contribution in [1.29, 1.82) is 0 Å². The molecule has 1 unspecified atom stereocenters. The van der Waals surface area contributed by atoms with Gasteiger partial charge in [0.2, 0.25) is 5.91 Å². The van der Waals surface area contributed by atoms with Gasteiger partial charge in [-0.1, -0.05) is 26.8 Å². The van der Waals surface area contributed by atoms with Crippen molar-refractivity contribution in [1.82, 2.24) is 24.6 Å². The molecule has 1 N–H and O–H groups in total. The summed E-state index contributed by atoms with van der Waals surface area (Å²) in [6.07, 6.45) is 5.00. The number of carbonyl (C=O) groups excluding carboxylic acids is 1. The third-order valence-corrected chi connectivity index (χ3v) is 6.96. The van der Waals surface area contributed by atoms with Gasteiger partial charge in [-0.3, -0.25) is 4.79 Å². The van der Waals surface area contributed by atoms with Gasteiger partial charge in [0.05, 0.1) is 18.4 Å². The highest BCUT2D eigenvalue weighted by atomic mass is 19.1. The quantitative estimate of drug-likeness (QED) is 0.777. The standard InChI is InChI=1S/C23H30FN5O3/c1-15(16-5-6-18(25-12-16)28-14-17(24)13-26-28)29-19(30)11-23(20(29)22(2,3)4)7-9-27(10-8-23)21(31)32/h5-6,12-15,20H,7-11H2,1-4H3,(H,31,32)/t15?,20-/m0/s1. The molecule has 2 saturated heterocycles. The van der Waals surface area contributed by atoms with Crippen LogP contribution >= 0.6 is 0 Å². The van der Waals surface area contributed by atoms with Crippen LogP contribution in [-0.4, -0.2) is 60.8 Å². The molecule has 2 aromatic heterocycles. The smallest absolute Gasteiger partial charge is 0.407 e. The molecule has 2 fully saturated rings. The van der Waals surface area contributed by atoms with Crippen LogP contribution in [0.25, 0.3) is 5.82 Å². The maximum Gasteiger partial charge on any atom is 0.407 e. The third kappa shape index (κ3) is 3.84. The first-order chi connectivity index (χ1) is 15.0. The lowest BCUT2D eigenvalue weighted by Gasteiger charge is -2.50. The van der Waals surface area contributed by atoms with Crippen molar-refractivity contribution in [3.8, 4) is 5.82 Å². The fourth-order valence-corrected chi connectivity index (χ4v) is 5.66. The lowest BCUT2D eigenvalue weighted by Crippen LogP contribution is -2.54. The Labute approximate surface area is 187 Å². The van der Waals surface area contributed by atoms with Crippen molar-refractivity contribution in [2.24, 2.45) is 10.8 Å². The normalized spacial score (nSPS) is 21.9. The van der Waals surface area contributed by atoms with Gasteiger partial charge < -0.3 is 14.9 Å². The minimum atomic E-state index is -0.898. The molecule has 2 aliphatic rings. The zero-order chi connectivity index (χ0) is 23.3. The van der Waals surface area contributed by atoms with Crippen molar-refractivity contribution in [3.63, 3.8) is 0 Å². The fourth-order valence-electron chi connectivity index (χ4n) is 5.66. The van der Waals surface area contributed by atoms with Crippen LogP contribution in [0, 0.1) is 16.6 Å². The molecule has 1 spiro atoms. The van der Waals surface area contributed by atoms with Crippen LogP contribution in [0.1, 0.15) is 58.6 Å². The number of halogens is 1. The molecule has 9 heteroatoms. The first-order valence-electron chi connectivity index (χ1n) is 11.0. The Bertz CT molecular complexity index is 1010. The van der Waals surface area contributed by atoms with Crippen LogP contribution in [0.4, 0.5) is 9.18 Å². The number of pyridine rings is 1. The van der Waals surface area contributed by atoms with Crippen molar-refractivity contribution < 1.29 is 19.1 Å². The second-order valence-electron chi connectivity index (χ2n) is 10.1. The minimum Gasteiger partial charge on any atom is -0.465 e. The Hall–Kier alpha value is -2.97. The predicted octanol–water partition coefficient (Wildman–Crippen LogP) is 3.87. The summed E-state index contributed by atoms with van der Waals surface area (Å²) in [5.41, 5.74) is 0.477. The molecule has 0 aromatic carbocycles. The molecule has 32 heavy (non-hydrogen) atoms. The van der Waals surface area contributed by atoms with Crippen molar-refractivity contribution >= 4 is 12.0 Å². The van der Waals surface area contributed by atoms with E-state index in [4.69, 9.17) is 0 Å². The molecule has 4 heterocycles. The number of hydrogen-bond acceptors (Lipinski definition) is 4. The molecule has 172 valence electrons. The number of nitrogens with zero attached hydrogens (tertiary/aromatic N) is 5. The Morgan fingerprint density at radius 1 is 1.25 bits per heavy atom. The van der Waals surface area contributed by atoms with Gasteiger partial charge in [0.1, 0.15) is 0 Å². The van der Waals surface area contributed by atoms with E-state index < -0.39 is 11.9 Å². The monoisotopic (exact) mass is 443 g/mol. The molecule has 2 atom stereocenters. The topological polar surface area (TPSA) is 91.6 Å². The second kappa shape index (κ2) is 7.86. The van der Waals surface area contributed by atoms with Gasteiger partial charge in [-0.25, -0.2) is 18.9 Å². The summed E-state index contributed by atoms with van der Waals surface area (Å²) in [6.45, 7) is 9.35. The van der Waals surface area contributed by atoms with Crippen LogP contribution in [0.3, 0.4) is 0 Å². The molecule has 2 amide bonds.